The molecule has 0 aliphatic carbocycles. The monoisotopic (exact) mass is 592 g/mol. The van der Waals surface area contributed by atoms with Gasteiger partial charge in [0.25, 0.3) is 0 Å². The van der Waals surface area contributed by atoms with Gasteiger partial charge in [0.05, 0.1) is 0 Å². The van der Waals surface area contributed by atoms with E-state index >= 15 is 0 Å². The summed E-state index contributed by atoms with van der Waals surface area (Å²) in [6.07, 6.45) is 0. The fourth-order valence-corrected chi connectivity index (χ4v) is 196. The SMILES string of the molecule is CP(P(P(P)P)P(P)P)P(P(P)P)P(PP)P(P)P. The number of hydrogen-bond acceptors (Lipinski definition) is 0. The smallest absolute Gasteiger partial charge is 0.00867 e. The van der Waals surface area contributed by atoms with Crippen molar-refractivity contribution in [1.82, 2.24) is 0 Å². The van der Waals surface area contributed by atoms with Gasteiger partial charge in [0, 0.05) is 0 Å². The summed E-state index contributed by atoms with van der Waals surface area (Å²) in [5, 5.41) is 0. The van der Waals surface area contributed by atoms with Gasteiger partial charge >= 0.3 is 0 Å². The maximum Gasteiger partial charge on any atom is -0.00867 e. The molecular weight excluding hydrogens is 570 g/mol. The molecule has 19 heavy (non-hydrogen) atoms. The van der Waals surface area contributed by atoms with Crippen LogP contribution in [0.5, 0.6) is 0 Å². The Balaban J connectivity index is 5.26. The molecular formula is CH22P18. The first-order valence-electron chi connectivity index (χ1n) is 4.43. The second-order valence-electron chi connectivity index (χ2n) is 2.96. The molecule has 116 valence electrons. The minimum atomic E-state index is 0.0734. The van der Waals surface area contributed by atoms with E-state index in [1.807, 2.05) is 0 Å². The van der Waals surface area contributed by atoms with Crippen molar-refractivity contribution in [1.29, 1.82) is 0 Å². The van der Waals surface area contributed by atoms with Gasteiger partial charge in [-0.2, -0.15) is 0 Å². The molecule has 0 aromatic rings. The van der Waals surface area contributed by atoms with Gasteiger partial charge in [0.1, 0.15) is 0 Å². The molecule has 0 aromatic heterocycles. The summed E-state index contributed by atoms with van der Waals surface area (Å²) in [7, 11) is 29.4. The van der Waals surface area contributed by atoms with E-state index in [0.29, 0.717) is 0 Å². The van der Waals surface area contributed by atoms with Gasteiger partial charge in [-0.15, -0.1) is 80.4 Å². The zero-order chi connectivity index (χ0) is 15.3. The highest BCUT2D eigenvalue weighted by molar-refractivity contribution is 9.28. The Morgan fingerprint density at radius 1 is 0.632 bits per heavy atom. The first-order chi connectivity index (χ1) is 8.64. The zero-order valence-corrected chi connectivity index (χ0v) is 28.8. The van der Waals surface area contributed by atoms with Crippen LogP contribution in [0.1, 0.15) is 0 Å². The first kappa shape index (κ1) is 26.7. The van der Waals surface area contributed by atoms with Crippen LogP contribution in [-0.2, 0) is 0 Å². The molecule has 0 fully saturated rings. The minimum absolute atomic E-state index is 0.0734. The fourth-order valence-electron chi connectivity index (χ4n) is 1.07. The molecule has 0 saturated heterocycles. The van der Waals surface area contributed by atoms with Crippen molar-refractivity contribution in [2.75, 3.05) is 6.66 Å². The summed E-state index contributed by atoms with van der Waals surface area (Å²) >= 11 is 0. The summed E-state index contributed by atoms with van der Waals surface area (Å²) < 4.78 is 0. The Morgan fingerprint density at radius 2 is 1.00 bits per heavy atom. The lowest BCUT2D eigenvalue weighted by Crippen LogP contribution is -1.59. The average molecular weight is 592 g/mol. The maximum absolute atomic E-state index is 3.17. The second kappa shape index (κ2) is 14.7. The zero-order valence-electron chi connectivity index (χ0n) is 10.3. The third kappa shape index (κ3) is 10.2. The minimum Gasteiger partial charge on any atom is -0.109 e. The summed E-state index contributed by atoms with van der Waals surface area (Å²) in [5.41, 5.74) is 0. The molecule has 0 aliphatic heterocycles. The van der Waals surface area contributed by atoms with Crippen LogP contribution in [0.4, 0.5) is 0 Å². The van der Waals surface area contributed by atoms with Crippen molar-refractivity contribution in [3.8, 4) is 0 Å². The molecule has 13 atom stereocenters. The summed E-state index contributed by atoms with van der Waals surface area (Å²) in [6.45, 7) is 3.57. The molecule has 0 aliphatic rings. The Morgan fingerprint density at radius 3 is 1.21 bits per heavy atom. The summed E-state index contributed by atoms with van der Waals surface area (Å²) in [6, 6.07) is 0. The topological polar surface area (TPSA) is 0 Å². The van der Waals surface area contributed by atoms with Crippen molar-refractivity contribution >= 4 is 145 Å². The fraction of sp³-hybridized carbons (Fsp3) is 1.00. The number of hydrogen-bond donors (Lipinski definition) is 0. The average Bonchev–Trinajstić information content (AvgIpc) is 2.22. The van der Waals surface area contributed by atoms with E-state index in [4.69, 9.17) is 0 Å². The van der Waals surface area contributed by atoms with Gasteiger partial charge in [-0.1, -0.05) is 7.96 Å². The van der Waals surface area contributed by atoms with E-state index in [2.05, 4.69) is 87.0 Å². The Hall–Kier alpha value is 7.74. The predicted molar refractivity (Wildman–Crippen MR) is 157 cm³/mol. The predicted octanol–water partition coefficient (Wildman–Crippen LogP) is 10.6. The molecule has 18 heteroatoms. The quantitative estimate of drug-likeness (QED) is 0.246. The van der Waals surface area contributed by atoms with Crippen molar-refractivity contribution in [2.45, 2.75) is 0 Å². The Labute approximate surface area is 150 Å². The largest absolute Gasteiger partial charge is 0.109 e. The molecule has 0 radical (unpaired) electrons. The third-order valence-corrected chi connectivity index (χ3v) is 114. The van der Waals surface area contributed by atoms with Crippen LogP contribution < -0.4 is 0 Å². The molecule has 0 heterocycles. The van der Waals surface area contributed by atoms with Gasteiger partial charge in [-0.3, -0.25) is 0 Å². The highest BCUT2D eigenvalue weighted by Gasteiger charge is 2.37. The molecule has 0 rings (SSSR count). The molecule has 0 spiro atoms. The first-order valence-corrected chi connectivity index (χ1v) is 37.1. The maximum atomic E-state index is 3.17. The molecule has 13 unspecified atom stereocenters. The highest BCUT2D eigenvalue weighted by atomic mass is 33.3. The van der Waals surface area contributed by atoms with E-state index in [-0.39, 0.29) is 56.2 Å². The lowest BCUT2D eigenvalue weighted by molar-refractivity contribution is 2.50. The van der Waals surface area contributed by atoms with Crippen molar-refractivity contribution in [3.05, 3.63) is 0 Å². The molecule has 0 amide bonds. The molecule has 0 nitrogen and oxygen atoms in total. The van der Waals surface area contributed by atoms with Crippen LogP contribution in [0.15, 0.2) is 0 Å². The summed E-state index contributed by atoms with van der Waals surface area (Å²) in [5.74, 6) is 0. The van der Waals surface area contributed by atoms with Crippen molar-refractivity contribution < 1.29 is 0 Å². The van der Waals surface area contributed by atoms with Crippen LogP contribution in [0.3, 0.4) is 0 Å². The Kier molecular flexibility index (Phi) is 20.7. The van der Waals surface area contributed by atoms with Gasteiger partial charge < -0.3 is 0 Å². The third-order valence-electron chi connectivity index (χ3n) is 1.64. The second-order valence-corrected chi connectivity index (χ2v) is 72.8. The van der Waals surface area contributed by atoms with E-state index < -0.39 is 0 Å². The van der Waals surface area contributed by atoms with Crippen molar-refractivity contribution in [2.24, 2.45) is 0 Å². The summed E-state index contributed by atoms with van der Waals surface area (Å²) in [4.78, 5) is 0. The van der Waals surface area contributed by atoms with E-state index in [9.17, 15) is 0 Å². The van der Waals surface area contributed by atoms with E-state index in [1.165, 1.54) is 0 Å². The van der Waals surface area contributed by atoms with Gasteiger partial charge in [-0.25, -0.2) is 0 Å². The lowest BCUT2D eigenvalue weighted by atomic mass is 12.0. The molecule has 0 N–H and O–H groups in total. The van der Waals surface area contributed by atoms with Gasteiger partial charge in [-0.05, 0) is 62.9 Å². The number of rotatable bonds is 8. The van der Waals surface area contributed by atoms with E-state index in [1.54, 1.807) is 0 Å². The molecule has 0 bridgehead atoms. The van der Waals surface area contributed by atoms with Crippen LogP contribution >= 0.6 is 145 Å². The molecule has 0 saturated carbocycles. The van der Waals surface area contributed by atoms with E-state index in [0.717, 1.165) is 7.96 Å². The van der Waals surface area contributed by atoms with Crippen LogP contribution in [0.2, 0.25) is 0 Å². The van der Waals surface area contributed by atoms with Crippen LogP contribution in [0, 0.1) is 0 Å². The van der Waals surface area contributed by atoms with Gasteiger partial charge in [0.2, 0.25) is 0 Å². The van der Waals surface area contributed by atoms with Gasteiger partial charge in [0.15, 0.2) is 0 Å². The lowest BCUT2D eigenvalue weighted by Gasteiger charge is -2.42. The standard InChI is InChI=1S/CH22P18/c1-12(18(14(5)6)15(7)8)19(16(9)10)17(11-2)13(3)4/h11H,2-10H2,1H3. The normalized spacial score (nSPS) is 18.5. The van der Waals surface area contributed by atoms with Crippen LogP contribution in [0.25, 0.3) is 0 Å². The Bertz CT molecular complexity index is 222. The molecule has 0 aromatic carbocycles. The van der Waals surface area contributed by atoms with Crippen LogP contribution in [-0.4, -0.2) is 6.66 Å². The highest BCUT2D eigenvalue weighted by Crippen LogP contribution is 3.24. The van der Waals surface area contributed by atoms with Crippen molar-refractivity contribution in [3.63, 3.8) is 0 Å².